The number of nitrogens with one attached hydrogen (secondary N) is 1. The summed E-state index contributed by atoms with van der Waals surface area (Å²) in [6.45, 7) is 0. The minimum atomic E-state index is -3.77. The highest BCUT2D eigenvalue weighted by Gasteiger charge is 2.30. The van der Waals surface area contributed by atoms with Gasteiger partial charge in [-0.2, -0.15) is 5.10 Å². The maximum absolute atomic E-state index is 12.9. The molecule has 0 saturated carbocycles. The fourth-order valence-corrected chi connectivity index (χ4v) is 6.76. The molecule has 1 heterocycles. The largest absolute Gasteiger partial charge is 0.280 e. The Bertz CT molecular complexity index is 1530. The molecule has 0 fully saturated rings. The van der Waals surface area contributed by atoms with E-state index in [0.29, 0.717) is 26.1 Å². The van der Waals surface area contributed by atoms with Crippen molar-refractivity contribution in [1.82, 2.24) is 0 Å². The molecule has 36 heavy (non-hydrogen) atoms. The van der Waals surface area contributed by atoms with Gasteiger partial charge in [0.2, 0.25) is 0 Å². The van der Waals surface area contributed by atoms with Crippen LogP contribution in [0, 0.1) is 0 Å². The molecule has 1 N–H and O–H groups in total. The summed E-state index contributed by atoms with van der Waals surface area (Å²) in [6, 6.07) is 30.2. The summed E-state index contributed by atoms with van der Waals surface area (Å²) in [5, 5.41) is 7.67. The van der Waals surface area contributed by atoms with Gasteiger partial charge in [-0.15, -0.1) is 0 Å². The van der Waals surface area contributed by atoms with Gasteiger partial charge >= 0.3 is 0 Å². The van der Waals surface area contributed by atoms with Crippen molar-refractivity contribution in [3.63, 3.8) is 0 Å². The normalized spacial score (nSPS) is 15.6. The van der Waals surface area contributed by atoms with Crippen LogP contribution in [0.15, 0.2) is 116 Å². The van der Waals surface area contributed by atoms with E-state index in [0.717, 1.165) is 22.5 Å². The van der Waals surface area contributed by atoms with E-state index in [-0.39, 0.29) is 10.9 Å². The number of hydrogen-bond donors (Lipinski definition) is 1. The second-order valence-corrected chi connectivity index (χ2v) is 12.1. The van der Waals surface area contributed by atoms with E-state index in [1.807, 2.05) is 71.7 Å². The first-order valence-corrected chi connectivity index (χ1v) is 14.5. The van der Waals surface area contributed by atoms with Crippen LogP contribution in [-0.2, 0) is 10.0 Å². The standard InChI is InChI=1S/C27H20Br2ClN3O2S/c28-20-10-15-24(29)27(16-20)36(34,35)32-22-13-8-18(9-14-22)25-17-26(19-6-11-21(30)12-7-19)33(31-25)23-4-2-1-3-5-23/h1-16,26,32H,17H2. The van der Waals surface area contributed by atoms with Crippen molar-refractivity contribution < 1.29 is 8.42 Å². The average Bonchev–Trinajstić information content (AvgIpc) is 3.32. The molecule has 4 aromatic carbocycles. The Kier molecular flexibility index (Phi) is 7.21. The Labute approximate surface area is 232 Å². The van der Waals surface area contributed by atoms with Crippen molar-refractivity contribution in [3.05, 3.63) is 122 Å². The van der Waals surface area contributed by atoms with Gasteiger partial charge in [0.15, 0.2) is 0 Å². The lowest BCUT2D eigenvalue weighted by atomic mass is 9.98. The van der Waals surface area contributed by atoms with E-state index >= 15 is 0 Å². The van der Waals surface area contributed by atoms with Crippen LogP contribution < -0.4 is 9.73 Å². The minimum Gasteiger partial charge on any atom is -0.280 e. The van der Waals surface area contributed by atoms with Gasteiger partial charge in [-0.3, -0.25) is 9.73 Å². The van der Waals surface area contributed by atoms with Crippen LogP contribution >= 0.6 is 43.5 Å². The van der Waals surface area contributed by atoms with Gasteiger partial charge in [-0.25, -0.2) is 8.42 Å². The van der Waals surface area contributed by atoms with Gasteiger partial charge in [0.25, 0.3) is 10.0 Å². The molecule has 9 heteroatoms. The number of hydrazone groups is 1. The fraction of sp³-hybridized carbons (Fsp3) is 0.0741. The van der Waals surface area contributed by atoms with Crippen molar-refractivity contribution in [2.24, 2.45) is 5.10 Å². The van der Waals surface area contributed by atoms with Gasteiger partial charge in [0, 0.05) is 26.1 Å². The number of anilines is 2. The van der Waals surface area contributed by atoms with Gasteiger partial charge in [0.1, 0.15) is 4.90 Å². The van der Waals surface area contributed by atoms with Crippen molar-refractivity contribution in [1.29, 1.82) is 0 Å². The maximum atomic E-state index is 12.9. The van der Waals surface area contributed by atoms with Gasteiger partial charge in [0.05, 0.1) is 17.4 Å². The molecule has 182 valence electrons. The van der Waals surface area contributed by atoms with Gasteiger partial charge < -0.3 is 0 Å². The quantitative estimate of drug-likeness (QED) is 0.231. The van der Waals surface area contributed by atoms with E-state index in [4.69, 9.17) is 16.7 Å². The predicted octanol–water partition coefficient (Wildman–Crippen LogP) is 8.02. The molecular formula is C27H20Br2ClN3O2S. The smallest absolute Gasteiger partial charge is 0.263 e. The summed E-state index contributed by atoms with van der Waals surface area (Å²) < 4.78 is 29.7. The van der Waals surface area contributed by atoms with Crippen molar-refractivity contribution in [2.45, 2.75) is 17.4 Å². The van der Waals surface area contributed by atoms with Crippen LogP contribution in [0.3, 0.4) is 0 Å². The zero-order valence-corrected chi connectivity index (χ0v) is 23.5. The summed E-state index contributed by atoms with van der Waals surface area (Å²) in [4.78, 5) is 0.158. The topological polar surface area (TPSA) is 61.8 Å². The highest BCUT2D eigenvalue weighted by atomic mass is 79.9. The Morgan fingerprint density at radius 3 is 2.28 bits per heavy atom. The molecule has 0 bridgehead atoms. The lowest BCUT2D eigenvalue weighted by Crippen LogP contribution is -2.18. The van der Waals surface area contributed by atoms with Crippen LogP contribution in [-0.4, -0.2) is 14.1 Å². The summed E-state index contributed by atoms with van der Waals surface area (Å²) in [6.07, 6.45) is 0.701. The van der Waals surface area contributed by atoms with Crippen molar-refractivity contribution >= 4 is 70.6 Å². The number of nitrogens with zero attached hydrogens (tertiary/aromatic N) is 2. The molecule has 0 radical (unpaired) electrons. The van der Waals surface area contributed by atoms with E-state index in [1.54, 1.807) is 30.3 Å². The van der Waals surface area contributed by atoms with Gasteiger partial charge in [-0.1, -0.05) is 70.0 Å². The molecule has 4 aromatic rings. The molecule has 0 spiro atoms. The Hall–Kier alpha value is -2.65. The summed E-state index contributed by atoms with van der Waals surface area (Å²) >= 11 is 12.8. The molecule has 5 nitrogen and oxygen atoms in total. The van der Waals surface area contributed by atoms with Crippen LogP contribution in [0.25, 0.3) is 0 Å². The first-order chi connectivity index (χ1) is 17.3. The van der Waals surface area contributed by atoms with Gasteiger partial charge in [-0.05, 0) is 81.7 Å². The molecule has 0 aromatic heterocycles. The maximum Gasteiger partial charge on any atom is 0.263 e. The second-order valence-electron chi connectivity index (χ2n) is 8.26. The van der Waals surface area contributed by atoms with Crippen LogP contribution in [0.4, 0.5) is 11.4 Å². The Balaban J connectivity index is 1.41. The number of hydrogen-bond acceptors (Lipinski definition) is 4. The first-order valence-electron chi connectivity index (χ1n) is 11.1. The summed E-state index contributed by atoms with van der Waals surface area (Å²) in [5.74, 6) is 0. The molecule has 1 aliphatic heterocycles. The lowest BCUT2D eigenvalue weighted by molar-refractivity contribution is 0.600. The van der Waals surface area contributed by atoms with Crippen LogP contribution in [0.5, 0.6) is 0 Å². The number of para-hydroxylation sites is 1. The van der Waals surface area contributed by atoms with E-state index in [9.17, 15) is 8.42 Å². The predicted molar refractivity (Wildman–Crippen MR) is 153 cm³/mol. The number of benzene rings is 4. The minimum absolute atomic E-state index is 0.0201. The Morgan fingerprint density at radius 2 is 1.58 bits per heavy atom. The molecular weight excluding hydrogens is 626 g/mol. The monoisotopic (exact) mass is 643 g/mol. The van der Waals surface area contributed by atoms with Crippen LogP contribution in [0.1, 0.15) is 23.6 Å². The SMILES string of the molecule is O=S(=O)(Nc1ccc(C2=NN(c3ccccc3)C(c3ccc(Cl)cc3)C2)cc1)c1cc(Br)ccc1Br. The molecule has 0 amide bonds. The van der Waals surface area contributed by atoms with E-state index in [2.05, 4.69) is 36.6 Å². The number of rotatable bonds is 6. The molecule has 1 aliphatic rings. The van der Waals surface area contributed by atoms with Crippen LogP contribution in [0.2, 0.25) is 5.02 Å². The molecule has 1 unspecified atom stereocenters. The third kappa shape index (κ3) is 5.37. The van der Waals surface area contributed by atoms with E-state index < -0.39 is 10.0 Å². The average molecular weight is 646 g/mol. The third-order valence-electron chi connectivity index (χ3n) is 5.84. The summed E-state index contributed by atoms with van der Waals surface area (Å²) in [7, 11) is -3.77. The third-order valence-corrected chi connectivity index (χ3v) is 8.96. The zero-order chi connectivity index (χ0) is 25.3. The van der Waals surface area contributed by atoms with E-state index in [1.165, 1.54) is 0 Å². The molecule has 0 aliphatic carbocycles. The molecule has 5 rings (SSSR count). The first kappa shape index (κ1) is 25.0. The number of halogens is 3. The Morgan fingerprint density at radius 1 is 0.889 bits per heavy atom. The fourth-order valence-electron chi connectivity index (χ4n) is 4.07. The lowest BCUT2D eigenvalue weighted by Gasteiger charge is -2.24. The highest BCUT2D eigenvalue weighted by Crippen LogP contribution is 2.37. The van der Waals surface area contributed by atoms with Crippen molar-refractivity contribution in [2.75, 3.05) is 9.73 Å². The zero-order valence-electron chi connectivity index (χ0n) is 18.8. The highest BCUT2D eigenvalue weighted by molar-refractivity contribution is 9.11. The molecule has 0 saturated heterocycles. The second kappa shape index (κ2) is 10.4. The summed E-state index contributed by atoms with van der Waals surface area (Å²) in [5.41, 5.74) is 4.43. The molecule has 1 atom stereocenters. The number of sulfonamides is 1. The van der Waals surface area contributed by atoms with Crippen molar-refractivity contribution in [3.8, 4) is 0 Å².